The predicted octanol–water partition coefficient (Wildman–Crippen LogP) is 1.82. The molecular weight excluding hydrogens is 192 g/mol. The van der Waals surface area contributed by atoms with E-state index >= 15 is 0 Å². The molecule has 0 aliphatic carbocycles. The molecule has 76 valence electrons. The van der Waals surface area contributed by atoms with Gasteiger partial charge in [-0.15, -0.1) is 0 Å². The molecule has 0 saturated carbocycles. The summed E-state index contributed by atoms with van der Waals surface area (Å²) in [5, 5.41) is 8.43. The fraction of sp³-hybridized carbons (Fsp3) is 0.333. The highest BCUT2D eigenvalue weighted by atomic mass is 19.3. The molecular formula is C9H9F2NO2. The number of alkyl halides is 2. The Balaban J connectivity index is 2.95. The zero-order valence-corrected chi connectivity index (χ0v) is 7.50. The van der Waals surface area contributed by atoms with Gasteiger partial charge in [-0.1, -0.05) is 6.07 Å². The van der Waals surface area contributed by atoms with Crippen LogP contribution in [-0.4, -0.2) is 16.1 Å². The van der Waals surface area contributed by atoms with E-state index in [9.17, 15) is 13.6 Å². The minimum absolute atomic E-state index is 0.136. The fourth-order valence-electron chi connectivity index (χ4n) is 0.977. The van der Waals surface area contributed by atoms with Crippen LogP contribution in [-0.2, 0) is 17.1 Å². The van der Waals surface area contributed by atoms with E-state index in [0.717, 1.165) is 6.92 Å². The average Bonchev–Trinajstić information content (AvgIpc) is 2.01. The van der Waals surface area contributed by atoms with Crippen molar-refractivity contribution in [1.29, 1.82) is 0 Å². The molecule has 0 atom stereocenters. The molecule has 1 N–H and O–H groups in total. The van der Waals surface area contributed by atoms with E-state index in [4.69, 9.17) is 5.11 Å². The zero-order valence-electron chi connectivity index (χ0n) is 7.50. The lowest BCUT2D eigenvalue weighted by atomic mass is 10.2. The van der Waals surface area contributed by atoms with Crippen LogP contribution in [0.3, 0.4) is 0 Å². The molecule has 0 bridgehead atoms. The zero-order chi connectivity index (χ0) is 10.8. The molecule has 5 heteroatoms. The van der Waals surface area contributed by atoms with Crippen molar-refractivity contribution in [2.45, 2.75) is 19.3 Å². The second-order valence-electron chi connectivity index (χ2n) is 2.97. The highest BCUT2D eigenvalue weighted by Gasteiger charge is 2.26. The second kappa shape index (κ2) is 3.69. The number of aliphatic carboxylic acids is 1. The first-order valence-corrected chi connectivity index (χ1v) is 3.95. The maximum atomic E-state index is 12.8. The fourth-order valence-corrected chi connectivity index (χ4v) is 0.977. The Bertz CT molecular complexity index is 347. The molecule has 0 unspecified atom stereocenters. The molecule has 0 spiro atoms. The lowest BCUT2D eigenvalue weighted by molar-refractivity contribution is -0.136. The van der Waals surface area contributed by atoms with Gasteiger partial charge in [-0.2, -0.15) is 8.78 Å². The van der Waals surface area contributed by atoms with E-state index in [0.29, 0.717) is 0 Å². The third kappa shape index (κ3) is 2.76. The molecule has 0 amide bonds. The summed E-state index contributed by atoms with van der Waals surface area (Å²) in [6.07, 6.45) is -0.343. The Morgan fingerprint density at radius 2 is 2.21 bits per heavy atom. The number of pyridine rings is 1. The number of halogens is 2. The van der Waals surface area contributed by atoms with E-state index in [-0.39, 0.29) is 12.1 Å². The Morgan fingerprint density at radius 3 is 2.71 bits per heavy atom. The van der Waals surface area contributed by atoms with Crippen molar-refractivity contribution < 1.29 is 18.7 Å². The molecule has 0 fully saturated rings. The summed E-state index contributed by atoms with van der Waals surface area (Å²) in [6.45, 7) is 0.722. The molecule has 1 heterocycles. The van der Waals surface area contributed by atoms with Gasteiger partial charge in [0.25, 0.3) is 5.92 Å². The number of carboxylic acid groups (broad SMARTS) is 1. The number of aromatic nitrogens is 1. The van der Waals surface area contributed by atoms with Crippen LogP contribution in [0.4, 0.5) is 8.78 Å². The minimum Gasteiger partial charge on any atom is -0.481 e. The lowest BCUT2D eigenvalue weighted by Gasteiger charge is -2.09. The third-order valence-electron chi connectivity index (χ3n) is 1.59. The Kier molecular flexibility index (Phi) is 2.78. The SMILES string of the molecule is CC(F)(F)c1cccc(CC(=O)O)n1. The molecule has 0 aromatic carbocycles. The number of rotatable bonds is 3. The monoisotopic (exact) mass is 201 g/mol. The Morgan fingerprint density at radius 1 is 1.57 bits per heavy atom. The van der Waals surface area contributed by atoms with Crippen LogP contribution >= 0.6 is 0 Å². The van der Waals surface area contributed by atoms with Gasteiger partial charge in [-0.25, -0.2) is 0 Å². The maximum absolute atomic E-state index is 12.8. The molecule has 0 aliphatic heterocycles. The first-order chi connectivity index (χ1) is 6.39. The largest absolute Gasteiger partial charge is 0.481 e. The van der Waals surface area contributed by atoms with Crippen molar-refractivity contribution in [1.82, 2.24) is 4.98 Å². The summed E-state index contributed by atoms with van der Waals surface area (Å²) in [7, 11) is 0. The summed E-state index contributed by atoms with van der Waals surface area (Å²) in [5.74, 6) is -4.12. The molecule has 3 nitrogen and oxygen atoms in total. The summed E-state index contributed by atoms with van der Waals surface area (Å²) in [5.41, 5.74) is -0.271. The summed E-state index contributed by atoms with van der Waals surface area (Å²) in [6, 6.07) is 3.95. The lowest BCUT2D eigenvalue weighted by Crippen LogP contribution is -2.12. The number of nitrogens with zero attached hydrogens (tertiary/aromatic N) is 1. The maximum Gasteiger partial charge on any atom is 0.309 e. The Hall–Kier alpha value is -1.52. The molecule has 1 aromatic heterocycles. The van der Waals surface area contributed by atoms with Crippen LogP contribution in [0.25, 0.3) is 0 Å². The molecule has 0 radical (unpaired) electrons. The smallest absolute Gasteiger partial charge is 0.309 e. The number of hydrogen-bond donors (Lipinski definition) is 1. The summed E-state index contributed by atoms with van der Waals surface area (Å²) < 4.78 is 25.5. The van der Waals surface area contributed by atoms with E-state index in [1.807, 2.05) is 0 Å². The van der Waals surface area contributed by atoms with Crippen molar-refractivity contribution in [3.8, 4) is 0 Å². The predicted molar refractivity (Wildman–Crippen MR) is 45.1 cm³/mol. The number of carbonyl (C=O) groups is 1. The van der Waals surface area contributed by atoms with Crippen molar-refractivity contribution in [2.24, 2.45) is 0 Å². The molecule has 14 heavy (non-hydrogen) atoms. The molecule has 1 aromatic rings. The standard InChI is InChI=1S/C9H9F2NO2/c1-9(10,11)7-4-2-3-6(12-7)5-8(13)14/h2-4H,5H2,1H3,(H,13,14). The van der Waals surface area contributed by atoms with E-state index < -0.39 is 17.6 Å². The van der Waals surface area contributed by atoms with Gasteiger partial charge in [-0.3, -0.25) is 9.78 Å². The van der Waals surface area contributed by atoms with Gasteiger partial charge in [0.2, 0.25) is 0 Å². The first-order valence-electron chi connectivity index (χ1n) is 3.95. The van der Waals surface area contributed by atoms with E-state index in [1.54, 1.807) is 0 Å². The first kappa shape index (κ1) is 10.6. The molecule has 0 aliphatic rings. The average molecular weight is 201 g/mol. The Labute approximate surface area is 79.4 Å². The van der Waals surface area contributed by atoms with Crippen LogP contribution in [0.15, 0.2) is 18.2 Å². The van der Waals surface area contributed by atoms with Crippen LogP contribution in [0, 0.1) is 0 Å². The van der Waals surface area contributed by atoms with Gasteiger partial charge in [0, 0.05) is 6.92 Å². The van der Waals surface area contributed by atoms with Crippen molar-refractivity contribution in [3.63, 3.8) is 0 Å². The molecule has 0 saturated heterocycles. The summed E-state index contributed by atoms with van der Waals surface area (Å²) >= 11 is 0. The summed E-state index contributed by atoms with van der Waals surface area (Å²) in [4.78, 5) is 13.9. The van der Waals surface area contributed by atoms with Gasteiger partial charge in [0.05, 0.1) is 12.1 Å². The minimum atomic E-state index is -3.03. The van der Waals surface area contributed by atoms with Crippen molar-refractivity contribution in [2.75, 3.05) is 0 Å². The number of carboxylic acids is 1. The van der Waals surface area contributed by atoms with Crippen molar-refractivity contribution >= 4 is 5.97 Å². The molecule has 1 rings (SSSR count). The van der Waals surface area contributed by atoms with Gasteiger partial charge >= 0.3 is 5.97 Å². The quantitative estimate of drug-likeness (QED) is 0.811. The topological polar surface area (TPSA) is 50.2 Å². The number of hydrogen-bond acceptors (Lipinski definition) is 2. The normalized spacial score (nSPS) is 11.4. The second-order valence-corrected chi connectivity index (χ2v) is 2.97. The van der Waals surface area contributed by atoms with Crippen LogP contribution < -0.4 is 0 Å². The highest BCUT2D eigenvalue weighted by Crippen LogP contribution is 2.24. The highest BCUT2D eigenvalue weighted by molar-refractivity contribution is 5.69. The van der Waals surface area contributed by atoms with E-state index in [1.165, 1.54) is 18.2 Å². The van der Waals surface area contributed by atoms with Crippen molar-refractivity contribution in [3.05, 3.63) is 29.6 Å². The van der Waals surface area contributed by atoms with Crippen LogP contribution in [0.2, 0.25) is 0 Å². The van der Waals surface area contributed by atoms with Gasteiger partial charge in [-0.05, 0) is 12.1 Å². The van der Waals surface area contributed by atoms with Gasteiger partial charge in [0.1, 0.15) is 5.69 Å². The van der Waals surface area contributed by atoms with Gasteiger partial charge in [0.15, 0.2) is 0 Å². The third-order valence-corrected chi connectivity index (χ3v) is 1.59. The van der Waals surface area contributed by atoms with Crippen LogP contribution in [0.5, 0.6) is 0 Å². The van der Waals surface area contributed by atoms with Gasteiger partial charge < -0.3 is 5.11 Å². The van der Waals surface area contributed by atoms with Crippen LogP contribution in [0.1, 0.15) is 18.3 Å². The van der Waals surface area contributed by atoms with E-state index in [2.05, 4.69) is 4.98 Å².